The fourth-order valence-corrected chi connectivity index (χ4v) is 3.18. The van der Waals surface area contributed by atoms with Gasteiger partial charge in [-0.25, -0.2) is 0 Å². The molecule has 1 rings (SSSR count). The summed E-state index contributed by atoms with van der Waals surface area (Å²) in [5.41, 5.74) is 1.14. The van der Waals surface area contributed by atoms with E-state index in [4.69, 9.17) is 4.74 Å². The number of hydrogen-bond donors (Lipinski definition) is 0. The number of benzene rings is 1. The largest absolute Gasteiger partial charge is 0.494 e. The Hall–Kier alpha value is -1.64. The van der Waals surface area contributed by atoms with Crippen molar-refractivity contribution in [3.05, 3.63) is 29.8 Å². The zero-order valence-electron chi connectivity index (χ0n) is 16.9. The predicted octanol–water partition coefficient (Wildman–Crippen LogP) is 5.93. The highest BCUT2D eigenvalue weighted by Crippen LogP contribution is 2.17. The summed E-state index contributed by atoms with van der Waals surface area (Å²) in [6.07, 6.45) is 11.7. The van der Waals surface area contributed by atoms with Gasteiger partial charge >= 0.3 is 0 Å². The van der Waals surface area contributed by atoms with Crippen LogP contribution in [0.4, 0.5) is 0 Å². The standard InChI is InChI=1S/C23H36O3/c1-4-5-6-7-8-9-10-11-18-26-22-15-12-21(13-16-22)14-17-23(19(2)24)20(3)25/h12-13,15-16,23H,4-11,14,17-18H2,1-3H3. The van der Waals surface area contributed by atoms with Crippen LogP contribution in [0.5, 0.6) is 5.75 Å². The average molecular weight is 361 g/mol. The van der Waals surface area contributed by atoms with E-state index < -0.39 is 5.92 Å². The van der Waals surface area contributed by atoms with Crippen LogP contribution in [0.15, 0.2) is 24.3 Å². The summed E-state index contributed by atoms with van der Waals surface area (Å²) in [4.78, 5) is 23.0. The molecule has 0 atom stereocenters. The van der Waals surface area contributed by atoms with E-state index in [9.17, 15) is 9.59 Å². The lowest BCUT2D eigenvalue weighted by molar-refractivity contribution is -0.130. The van der Waals surface area contributed by atoms with E-state index in [-0.39, 0.29) is 11.6 Å². The van der Waals surface area contributed by atoms with Gasteiger partial charge < -0.3 is 4.74 Å². The van der Waals surface area contributed by atoms with Gasteiger partial charge in [0.1, 0.15) is 17.3 Å². The molecule has 146 valence electrons. The first-order valence-corrected chi connectivity index (χ1v) is 10.3. The van der Waals surface area contributed by atoms with Gasteiger partial charge in [-0.2, -0.15) is 0 Å². The summed E-state index contributed by atoms with van der Waals surface area (Å²) in [5.74, 6) is 0.352. The lowest BCUT2D eigenvalue weighted by Crippen LogP contribution is -2.20. The molecule has 0 bridgehead atoms. The van der Waals surface area contributed by atoms with Crippen molar-refractivity contribution >= 4 is 11.6 Å². The fraction of sp³-hybridized carbons (Fsp3) is 0.652. The first-order valence-electron chi connectivity index (χ1n) is 10.3. The van der Waals surface area contributed by atoms with E-state index >= 15 is 0 Å². The Balaban J connectivity index is 2.18. The molecule has 0 saturated heterocycles. The summed E-state index contributed by atoms with van der Waals surface area (Å²) >= 11 is 0. The van der Waals surface area contributed by atoms with Gasteiger partial charge in [0.15, 0.2) is 0 Å². The molecule has 0 fully saturated rings. The van der Waals surface area contributed by atoms with E-state index in [0.717, 1.165) is 30.8 Å². The van der Waals surface area contributed by atoms with Gasteiger partial charge in [-0.3, -0.25) is 9.59 Å². The van der Waals surface area contributed by atoms with Gasteiger partial charge in [0.05, 0.1) is 12.5 Å². The molecule has 0 aromatic heterocycles. The van der Waals surface area contributed by atoms with Crippen LogP contribution in [-0.4, -0.2) is 18.2 Å². The molecule has 26 heavy (non-hydrogen) atoms. The minimum Gasteiger partial charge on any atom is -0.494 e. The minimum absolute atomic E-state index is 0.0391. The Kier molecular flexibility index (Phi) is 11.7. The van der Waals surface area contributed by atoms with Crippen LogP contribution < -0.4 is 4.74 Å². The predicted molar refractivity (Wildman–Crippen MR) is 108 cm³/mol. The van der Waals surface area contributed by atoms with Crippen molar-refractivity contribution in [2.45, 2.75) is 85.0 Å². The Morgan fingerprint density at radius 1 is 0.846 bits per heavy atom. The topological polar surface area (TPSA) is 43.4 Å². The van der Waals surface area contributed by atoms with Gasteiger partial charge in [-0.05, 0) is 50.8 Å². The monoisotopic (exact) mass is 360 g/mol. The summed E-state index contributed by atoms with van der Waals surface area (Å²) in [5, 5.41) is 0. The highest BCUT2D eigenvalue weighted by Gasteiger charge is 2.18. The molecule has 0 amide bonds. The maximum atomic E-state index is 11.5. The Labute approximate surface area is 159 Å². The molecule has 0 aliphatic rings. The third-order valence-corrected chi connectivity index (χ3v) is 4.89. The number of Topliss-reactive ketones (excluding diaryl/α,β-unsaturated/α-hetero) is 2. The van der Waals surface area contributed by atoms with Crippen LogP contribution in [0.3, 0.4) is 0 Å². The first-order chi connectivity index (χ1) is 12.5. The Morgan fingerprint density at radius 2 is 1.38 bits per heavy atom. The first kappa shape index (κ1) is 22.4. The zero-order chi connectivity index (χ0) is 19.2. The quantitative estimate of drug-likeness (QED) is 0.287. The van der Waals surface area contributed by atoms with Crippen LogP contribution in [-0.2, 0) is 16.0 Å². The lowest BCUT2D eigenvalue weighted by Gasteiger charge is -2.11. The molecular weight excluding hydrogens is 324 g/mol. The third kappa shape index (κ3) is 9.74. The molecule has 1 aromatic carbocycles. The SMILES string of the molecule is CCCCCCCCCCOc1ccc(CCC(C(C)=O)C(C)=O)cc1. The third-order valence-electron chi connectivity index (χ3n) is 4.89. The van der Waals surface area contributed by atoms with E-state index in [2.05, 4.69) is 6.92 Å². The second-order valence-corrected chi connectivity index (χ2v) is 7.28. The van der Waals surface area contributed by atoms with Crippen molar-refractivity contribution in [2.75, 3.05) is 6.61 Å². The molecule has 3 heteroatoms. The van der Waals surface area contributed by atoms with Crippen molar-refractivity contribution in [1.82, 2.24) is 0 Å². The molecule has 0 saturated carbocycles. The zero-order valence-corrected chi connectivity index (χ0v) is 16.9. The number of aryl methyl sites for hydroxylation is 1. The van der Waals surface area contributed by atoms with E-state index in [1.165, 1.54) is 58.8 Å². The van der Waals surface area contributed by atoms with E-state index in [0.29, 0.717) is 6.42 Å². The molecule has 0 aliphatic carbocycles. The van der Waals surface area contributed by atoms with Gasteiger partial charge in [-0.1, -0.05) is 64.0 Å². The van der Waals surface area contributed by atoms with Crippen molar-refractivity contribution in [3.63, 3.8) is 0 Å². The van der Waals surface area contributed by atoms with E-state index in [1.807, 2.05) is 24.3 Å². The molecule has 0 N–H and O–H groups in total. The number of carbonyl (C=O) groups is 2. The molecule has 0 unspecified atom stereocenters. The minimum atomic E-state index is -0.465. The summed E-state index contributed by atoms with van der Waals surface area (Å²) in [6, 6.07) is 8.02. The summed E-state index contributed by atoms with van der Waals surface area (Å²) in [6.45, 7) is 6.01. The number of ether oxygens (including phenoxy) is 1. The fourth-order valence-electron chi connectivity index (χ4n) is 3.18. The Bertz CT molecular complexity index is 505. The van der Waals surface area contributed by atoms with Gasteiger partial charge in [-0.15, -0.1) is 0 Å². The number of unbranched alkanes of at least 4 members (excludes halogenated alkanes) is 7. The number of hydrogen-bond acceptors (Lipinski definition) is 3. The number of carbonyl (C=O) groups excluding carboxylic acids is 2. The maximum Gasteiger partial charge on any atom is 0.140 e. The van der Waals surface area contributed by atoms with Crippen LogP contribution in [0, 0.1) is 5.92 Å². The van der Waals surface area contributed by atoms with Crippen LogP contribution >= 0.6 is 0 Å². The maximum absolute atomic E-state index is 11.5. The number of ketones is 2. The molecule has 1 aromatic rings. The molecule has 0 heterocycles. The van der Waals surface area contributed by atoms with Crippen molar-refractivity contribution < 1.29 is 14.3 Å². The van der Waals surface area contributed by atoms with Gasteiger partial charge in [0, 0.05) is 0 Å². The lowest BCUT2D eigenvalue weighted by atomic mass is 9.93. The van der Waals surface area contributed by atoms with Crippen LogP contribution in [0.2, 0.25) is 0 Å². The van der Waals surface area contributed by atoms with Crippen LogP contribution in [0.25, 0.3) is 0 Å². The van der Waals surface area contributed by atoms with E-state index in [1.54, 1.807) is 0 Å². The molecule has 0 aliphatic heterocycles. The molecule has 0 spiro atoms. The van der Waals surface area contributed by atoms with Crippen molar-refractivity contribution in [2.24, 2.45) is 5.92 Å². The summed E-state index contributed by atoms with van der Waals surface area (Å²) in [7, 11) is 0. The average Bonchev–Trinajstić information content (AvgIpc) is 2.61. The van der Waals surface area contributed by atoms with Crippen LogP contribution in [0.1, 0.15) is 84.1 Å². The van der Waals surface area contributed by atoms with Crippen molar-refractivity contribution in [3.8, 4) is 5.75 Å². The molecule has 0 radical (unpaired) electrons. The van der Waals surface area contributed by atoms with Crippen molar-refractivity contribution in [1.29, 1.82) is 0 Å². The molecular formula is C23H36O3. The Morgan fingerprint density at radius 3 is 1.92 bits per heavy atom. The highest BCUT2D eigenvalue weighted by molar-refractivity contribution is 6.00. The smallest absolute Gasteiger partial charge is 0.140 e. The normalized spacial score (nSPS) is 10.9. The second-order valence-electron chi connectivity index (χ2n) is 7.28. The number of rotatable bonds is 15. The van der Waals surface area contributed by atoms with Gasteiger partial charge in [0.25, 0.3) is 0 Å². The van der Waals surface area contributed by atoms with Gasteiger partial charge in [0.2, 0.25) is 0 Å². The molecule has 3 nitrogen and oxygen atoms in total. The summed E-state index contributed by atoms with van der Waals surface area (Å²) < 4.78 is 5.80. The highest BCUT2D eigenvalue weighted by atomic mass is 16.5. The second kappa shape index (κ2) is 13.5.